The van der Waals surface area contributed by atoms with Gasteiger partial charge in [-0.2, -0.15) is 0 Å². The minimum atomic E-state index is 0.0628. The molecule has 18 heavy (non-hydrogen) atoms. The Balaban J connectivity index is 1.60. The molecule has 4 nitrogen and oxygen atoms in total. The fourth-order valence-electron chi connectivity index (χ4n) is 3.11. The van der Waals surface area contributed by atoms with Gasteiger partial charge in [0.05, 0.1) is 6.04 Å². The maximum Gasteiger partial charge on any atom is 0.237 e. The summed E-state index contributed by atoms with van der Waals surface area (Å²) in [5, 5.41) is 6.39. The Hall–Kier alpha value is -0.610. The molecular formula is C14H27N3O. The summed E-state index contributed by atoms with van der Waals surface area (Å²) in [4.78, 5) is 14.3. The predicted molar refractivity (Wildman–Crippen MR) is 73.5 cm³/mol. The maximum absolute atomic E-state index is 11.9. The number of hydrogen-bond acceptors (Lipinski definition) is 3. The van der Waals surface area contributed by atoms with Crippen LogP contribution in [0.15, 0.2) is 0 Å². The van der Waals surface area contributed by atoms with Crippen molar-refractivity contribution in [2.45, 2.75) is 44.6 Å². The second-order valence-corrected chi connectivity index (χ2v) is 5.85. The summed E-state index contributed by atoms with van der Waals surface area (Å²) in [6.45, 7) is 4.26. The zero-order valence-corrected chi connectivity index (χ0v) is 11.6. The lowest BCUT2D eigenvalue weighted by atomic mass is 9.95. The van der Waals surface area contributed by atoms with Gasteiger partial charge in [-0.15, -0.1) is 0 Å². The average molecular weight is 253 g/mol. The summed E-state index contributed by atoms with van der Waals surface area (Å²) in [6, 6.07) is 0.0628. The molecule has 0 bridgehead atoms. The molecule has 1 amide bonds. The summed E-state index contributed by atoms with van der Waals surface area (Å²) >= 11 is 0. The monoisotopic (exact) mass is 253 g/mol. The van der Waals surface area contributed by atoms with Gasteiger partial charge in [0, 0.05) is 13.1 Å². The number of nitrogens with zero attached hydrogens (tertiary/aromatic N) is 1. The van der Waals surface area contributed by atoms with Crippen molar-refractivity contribution in [3.63, 3.8) is 0 Å². The quantitative estimate of drug-likeness (QED) is 0.785. The maximum atomic E-state index is 11.9. The third-order valence-corrected chi connectivity index (χ3v) is 4.20. The van der Waals surface area contributed by atoms with Crippen LogP contribution >= 0.6 is 0 Å². The number of carbonyl (C=O) groups excluding carboxylic acids is 1. The third-order valence-electron chi connectivity index (χ3n) is 4.20. The number of rotatable bonds is 4. The van der Waals surface area contributed by atoms with Gasteiger partial charge in [-0.3, -0.25) is 4.79 Å². The molecule has 0 saturated carbocycles. The van der Waals surface area contributed by atoms with Gasteiger partial charge in [-0.05, 0) is 58.2 Å². The average Bonchev–Trinajstić information content (AvgIpc) is 2.40. The summed E-state index contributed by atoms with van der Waals surface area (Å²) in [5.74, 6) is 0.974. The molecule has 0 aromatic rings. The molecule has 2 N–H and O–H groups in total. The second kappa shape index (κ2) is 7.10. The molecule has 2 fully saturated rings. The van der Waals surface area contributed by atoms with E-state index in [1.54, 1.807) is 0 Å². The van der Waals surface area contributed by atoms with Crippen LogP contribution in [0.4, 0.5) is 0 Å². The lowest BCUT2D eigenvalue weighted by Gasteiger charge is -2.30. The van der Waals surface area contributed by atoms with Crippen molar-refractivity contribution in [2.24, 2.45) is 5.92 Å². The fraction of sp³-hybridized carbons (Fsp3) is 0.929. The Labute approximate surface area is 110 Å². The van der Waals surface area contributed by atoms with Crippen LogP contribution in [0, 0.1) is 5.92 Å². The number of piperidine rings is 2. The Bertz CT molecular complexity index is 264. The minimum Gasteiger partial charge on any atom is -0.355 e. The van der Waals surface area contributed by atoms with Crippen molar-refractivity contribution in [1.29, 1.82) is 0 Å². The van der Waals surface area contributed by atoms with Gasteiger partial charge in [0.25, 0.3) is 0 Å². The van der Waals surface area contributed by atoms with Crippen LogP contribution in [0.3, 0.4) is 0 Å². The van der Waals surface area contributed by atoms with Gasteiger partial charge in [-0.25, -0.2) is 0 Å². The molecule has 0 aromatic heterocycles. The van der Waals surface area contributed by atoms with Gasteiger partial charge >= 0.3 is 0 Å². The lowest BCUT2D eigenvalue weighted by molar-refractivity contribution is -0.123. The van der Waals surface area contributed by atoms with Crippen LogP contribution in [0.5, 0.6) is 0 Å². The zero-order valence-electron chi connectivity index (χ0n) is 11.6. The Morgan fingerprint density at radius 2 is 2.22 bits per heavy atom. The molecule has 2 unspecified atom stereocenters. The van der Waals surface area contributed by atoms with Crippen LogP contribution in [-0.4, -0.2) is 50.1 Å². The molecule has 0 spiro atoms. The molecule has 0 aromatic carbocycles. The first kappa shape index (κ1) is 13.8. The predicted octanol–water partition coefficient (Wildman–Crippen LogP) is 0.977. The van der Waals surface area contributed by atoms with Gasteiger partial charge < -0.3 is 15.5 Å². The molecule has 2 rings (SSSR count). The normalized spacial score (nSPS) is 30.1. The van der Waals surface area contributed by atoms with E-state index in [9.17, 15) is 4.79 Å². The van der Waals surface area contributed by atoms with Crippen LogP contribution in [-0.2, 0) is 4.79 Å². The highest BCUT2D eigenvalue weighted by Gasteiger charge is 2.21. The topological polar surface area (TPSA) is 44.4 Å². The van der Waals surface area contributed by atoms with Crippen molar-refractivity contribution in [1.82, 2.24) is 15.5 Å². The van der Waals surface area contributed by atoms with Gasteiger partial charge in [0.1, 0.15) is 0 Å². The van der Waals surface area contributed by atoms with E-state index in [1.165, 1.54) is 38.8 Å². The lowest BCUT2D eigenvalue weighted by Crippen LogP contribution is -2.47. The first-order valence-electron chi connectivity index (χ1n) is 7.45. The summed E-state index contributed by atoms with van der Waals surface area (Å²) in [7, 11) is 2.19. The molecule has 0 aliphatic carbocycles. The smallest absolute Gasteiger partial charge is 0.237 e. The molecule has 4 heteroatoms. The summed E-state index contributed by atoms with van der Waals surface area (Å²) in [6.07, 6.45) is 7.14. The molecular weight excluding hydrogens is 226 g/mol. The molecule has 0 radical (unpaired) electrons. The number of hydrogen-bond donors (Lipinski definition) is 2. The first-order valence-corrected chi connectivity index (χ1v) is 7.45. The molecule has 104 valence electrons. The SMILES string of the molecule is CN1CCCC(CCNC(=O)C2CCCCN2)C1. The third kappa shape index (κ3) is 4.25. The summed E-state index contributed by atoms with van der Waals surface area (Å²) in [5.41, 5.74) is 0. The molecule has 2 aliphatic rings. The fourth-order valence-corrected chi connectivity index (χ4v) is 3.11. The van der Waals surface area contributed by atoms with E-state index in [0.29, 0.717) is 0 Å². The van der Waals surface area contributed by atoms with Crippen LogP contribution in [0.2, 0.25) is 0 Å². The molecule has 2 atom stereocenters. The van der Waals surface area contributed by atoms with Gasteiger partial charge in [-0.1, -0.05) is 6.42 Å². The number of amides is 1. The van der Waals surface area contributed by atoms with Crippen molar-refractivity contribution < 1.29 is 4.79 Å². The van der Waals surface area contributed by atoms with E-state index in [0.717, 1.165) is 31.8 Å². The Morgan fingerprint density at radius 3 is 2.94 bits per heavy atom. The molecule has 2 aliphatic heterocycles. The highest BCUT2D eigenvalue weighted by molar-refractivity contribution is 5.81. The number of carbonyl (C=O) groups is 1. The zero-order chi connectivity index (χ0) is 12.8. The first-order chi connectivity index (χ1) is 8.75. The number of likely N-dealkylation sites (tertiary alicyclic amines) is 1. The van der Waals surface area contributed by atoms with E-state index in [4.69, 9.17) is 0 Å². The molecule has 2 heterocycles. The summed E-state index contributed by atoms with van der Waals surface area (Å²) < 4.78 is 0. The highest BCUT2D eigenvalue weighted by atomic mass is 16.2. The van der Waals surface area contributed by atoms with E-state index >= 15 is 0 Å². The van der Waals surface area contributed by atoms with E-state index in [2.05, 4.69) is 22.6 Å². The number of nitrogens with one attached hydrogen (secondary N) is 2. The van der Waals surface area contributed by atoms with Crippen molar-refractivity contribution in [2.75, 3.05) is 33.2 Å². The van der Waals surface area contributed by atoms with E-state index in [1.807, 2.05) is 0 Å². The van der Waals surface area contributed by atoms with Crippen molar-refractivity contribution in [3.8, 4) is 0 Å². The van der Waals surface area contributed by atoms with Crippen molar-refractivity contribution >= 4 is 5.91 Å². The minimum absolute atomic E-state index is 0.0628. The standard InChI is InChI=1S/C14H27N3O/c1-17-10-4-5-12(11-17)7-9-16-14(18)13-6-2-3-8-15-13/h12-13,15H,2-11H2,1H3,(H,16,18). The van der Waals surface area contributed by atoms with Crippen LogP contribution < -0.4 is 10.6 Å². The second-order valence-electron chi connectivity index (χ2n) is 5.85. The molecule has 2 saturated heterocycles. The van der Waals surface area contributed by atoms with Crippen LogP contribution in [0.25, 0.3) is 0 Å². The Morgan fingerprint density at radius 1 is 1.33 bits per heavy atom. The highest BCUT2D eigenvalue weighted by Crippen LogP contribution is 2.17. The van der Waals surface area contributed by atoms with Gasteiger partial charge in [0.15, 0.2) is 0 Å². The van der Waals surface area contributed by atoms with E-state index in [-0.39, 0.29) is 11.9 Å². The van der Waals surface area contributed by atoms with Gasteiger partial charge in [0.2, 0.25) is 5.91 Å². The Kier molecular flexibility index (Phi) is 5.45. The van der Waals surface area contributed by atoms with E-state index < -0.39 is 0 Å². The largest absolute Gasteiger partial charge is 0.355 e. The van der Waals surface area contributed by atoms with Crippen molar-refractivity contribution in [3.05, 3.63) is 0 Å². The van der Waals surface area contributed by atoms with Crippen LogP contribution in [0.1, 0.15) is 38.5 Å².